The lowest BCUT2D eigenvalue weighted by molar-refractivity contribution is 0.195. The number of nitrogens with zero attached hydrogens (tertiary/aromatic N) is 1. The summed E-state index contributed by atoms with van der Waals surface area (Å²) < 4.78 is 6.84. The molecule has 0 radical (unpaired) electrons. The molecule has 0 saturated carbocycles. The van der Waals surface area contributed by atoms with Crippen LogP contribution in [0.4, 0.5) is 5.69 Å². The highest BCUT2D eigenvalue weighted by Gasteiger charge is 2.11. The molecule has 0 aliphatic heterocycles. The smallest absolute Gasteiger partial charge is 0.134 e. The quantitative estimate of drug-likeness (QED) is 0.900. The van der Waals surface area contributed by atoms with E-state index in [-0.39, 0.29) is 0 Å². The molecule has 0 spiro atoms. The van der Waals surface area contributed by atoms with E-state index in [1.54, 1.807) is 6.92 Å². The molecule has 1 atom stereocenters. The first-order valence-corrected chi connectivity index (χ1v) is 7.19. The molecule has 2 rings (SSSR count). The van der Waals surface area contributed by atoms with Crippen molar-refractivity contribution >= 4 is 21.6 Å². The molecule has 20 heavy (non-hydrogen) atoms. The van der Waals surface area contributed by atoms with E-state index in [4.69, 9.17) is 4.74 Å². The van der Waals surface area contributed by atoms with E-state index in [0.29, 0.717) is 5.75 Å². The van der Waals surface area contributed by atoms with Gasteiger partial charge in [0.1, 0.15) is 11.5 Å². The average molecular weight is 336 g/mol. The zero-order chi connectivity index (χ0) is 14.7. The number of anilines is 1. The number of halogens is 1. The molecule has 0 fully saturated rings. The van der Waals surface area contributed by atoms with Gasteiger partial charge < -0.3 is 14.7 Å². The van der Waals surface area contributed by atoms with Crippen LogP contribution in [0.5, 0.6) is 11.5 Å². The van der Waals surface area contributed by atoms with Crippen molar-refractivity contribution in [2.24, 2.45) is 0 Å². The summed E-state index contributed by atoms with van der Waals surface area (Å²) in [5.74, 6) is 1.40. The topological polar surface area (TPSA) is 32.7 Å². The first-order valence-electron chi connectivity index (χ1n) is 6.40. The summed E-state index contributed by atoms with van der Waals surface area (Å²) in [4.78, 5) is 2.02. The molecular weight excluding hydrogens is 318 g/mol. The summed E-state index contributed by atoms with van der Waals surface area (Å²) in [5.41, 5.74) is 1.83. The van der Waals surface area contributed by atoms with E-state index in [0.717, 1.165) is 21.5 Å². The molecule has 2 aromatic rings. The fraction of sp³-hybridized carbons (Fsp3) is 0.250. The van der Waals surface area contributed by atoms with E-state index < -0.39 is 6.10 Å². The maximum Gasteiger partial charge on any atom is 0.134 e. The summed E-state index contributed by atoms with van der Waals surface area (Å²) in [6, 6.07) is 13.5. The van der Waals surface area contributed by atoms with Crippen LogP contribution in [-0.4, -0.2) is 19.2 Å². The third kappa shape index (κ3) is 3.52. The van der Waals surface area contributed by atoms with Gasteiger partial charge in [0.05, 0.1) is 6.10 Å². The lowest BCUT2D eigenvalue weighted by Crippen LogP contribution is -2.08. The van der Waals surface area contributed by atoms with E-state index in [2.05, 4.69) is 15.9 Å². The average Bonchev–Trinajstić information content (AvgIpc) is 2.38. The number of benzene rings is 2. The van der Waals surface area contributed by atoms with Crippen LogP contribution in [-0.2, 0) is 0 Å². The molecule has 0 aliphatic carbocycles. The lowest BCUT2D eigenvalue weighted by atomic mass is 10.1. The molecule has 0 heterocycles. The molecule has 1 N–H and O–H groups in total. The number of rotatable bonds is 4. The second-order valence-electron chi connectivity index (χ2n) is 4.85. The molecule has 0 saturated heterocycles. The molecule has 106 valence electrons. The van der Waals surface area contributed by atoms with Crippen LogP contribution in [0.3, 0.4) is 0 Å². The highest BCUT2D eigenvalue weighted by Crippen LogP contribution is 2.33. The minimum Gasteiger partial charge on any atom is -0.457 e. The first-order chi connectivity index (χ1) is 9.47. The Balaban J connectivity index is 2.34. The van der Waals surface area contributed by atoms with Crippen molar-refractivity contribution in [3.8, 4) is 11.5 Å². The third-order valence-corrected chi connectivity index (χ3v) is 3.48. The third-order valence-electron chi connectivity index (χ3n) is 2.99. The van der Waals surface area contributed by atoms with Crippen molar-refractivity contribution in [1.29, 1.82) is 0 Å². The van der Waals surface area contributed by atoms with Crippen LogP contribution >= 0.6 is 15.9 Å². The normalized spacial score (nSPS) is 12.1. The van der Waals surface area contributed by atoms with Gasteiger partial charge in [-0.2, -0.15) is 0 Å². The Morgan fingerprint density at radius 1 is 1.15 bits per heavy atom. The number of ether oxygens (including phenoxy) is 1. The van der Waals surface area contributed by atoms with Crippen molar-refractivity contribution in [1.82, 2.24) is 0 Å². The van der Waals surface area contributed by atoms with Crippen LogP contribution in [0, 0.1) is 0 Å². The first kappa shape index (κ1) is 14.9. The lowest BCUT2D eigenvalue weighted by Gasteiger charge is -2.16. The molecule has 0 aromatic heterocycles. The molecule has 0 aliphatic rings. The van der Waals surface area contributed by atoms with Gasteiger partial charge in [0, 0.05) is 35.9 Å². The Morgan fingerprint density at radius 3 is 2.55 bits per heavy atom. The van der Waals surface area contributed by atoms with Crippen LogP contribution < -0.4 is 9.64 Å². The van der Waals surface area contributed by atoms with E-state index in [1.807, 2.05) is 61.5 Å². The van der Waals surface area contributed by atoms with Gasteiger partial charge in [-0.05, 0) is 31.2 Å². The molecule has 2 aromatic carbocycles. The molecular formula is C16H18BrNO2. The second-order valence-corrected chi connectivity index (χ2v) is 5.77. The second kappa shape index (κ2) is 6.29. The van der Waals surface area contributed by atoms with Crippen LogP contribution in [0.25, 0.3) is 0 Å². The minimum atomic E-state index is -0.574. The minimum absolute atomic E-state index is 0.574. The van der Waals surface area contributed by atoms with Gasteiger partial charge in [-0.3, -0.25) is 0 Å². The fourth-order valence-electron chi connectivity index (χ4n) is 1.89. The van der Waals surface area contributed by atoms with Crippen LogP contribution in [0.2, 0.25) is 0 Å². The largest absolute Gasteiger partial charge is 0.457 e. The number of hydrogen-bond acceptors (Lipinski definition) is 3. The van der Waals surface area contributed by atoms with E-state index >= 15 is 0 Å². The monoisotopic (exact) mass is 335 g/mol. The Hall–Kier alpha value is -1.52. The van der Waals surface area contributed by atoms with Crippen LogP contribution in [0.15, 0.2) is 46.9 Å². The van der Waals surface area contributed by atoms with Crippen molar-refractivity contribution in [3.63, 3.8) is 0 Å². The zero-order valence-electron chi connectivity index (χ0n) is 11.8. The van der Waals surface area contributed by atoms with Crippen molar-refractivity contribution < 1.29 is 9.84 Å². The molecule has 3 nitrogen and oxygen atoms in total. The SMILES string of the molecule is CC(O)c1ccc(Br)cc1Oc1cccc(N(C)C)c1. The van der Waals surface area contributed by atoms with Gasteiger partial charge in [0.25, 0.3) is 0 Å². The fourth-order valence-corrected chi connectivity index (χ4v) is 2.23. The molecule has 4 heteroatoms. The summed E-state index contributed by atoms with van der Waals surface area (Å²) in [6.45, 7) is 1.73. The van der Waals surface area contributed by atoms with Gasteiger partial charge in [0.2, 0.25) is 0 Å². The van der Waals surface area contributed by atoms with Crippen molar-refractivity contribution in [2.45, 2.75) is 13.0 Å². The van der Waals surface area contributed by atoms with Gasteiger partial charge in [-0.15, -0.1) is 0 Å². The molecule has 0 bridgehead atoms. The van der Waals surface area contributed by atoms with E-state index in [1.165, 1.54) is 0 Å². The Morgan fingerprint density at radius 2 is 1.90 bits per heavy atom. The Bertz CT molecular complexity index is 597. The van der Waals surface area contributed by atoms with Gasteiger partial charge in [0.15, 0.2) is 0 Å². The Labute approximate surface area is 127 Å². The summed E-state index contributed by atoms with van der Waals surface area (Å²) in [7, 11) is 3.97. The summed E-state index contributed by atoms with van der Waals surface area (Å²) in [6.07, 6.45) is -0.574. The highest BCUT2D eigenvalue weighted by atomic mass is 79.9. The zero-order valence-corrected chi connectivity index (χ0v) is 13.4. The van der Waals surface area contributed by atoms with Crippen LogP contribution in [0.1, 0.15) is 18.6 Å². The maximum atomic E-state index is 9.81. The molecule has 1 unspecified atom stereocenters. The Kier molecular flexibility index (Phi) is 4.68. The number of hydrogen-bond donors (Lipinski definition) is 1. The summed E-state index contributed by atoms with van der Waals surface area (Å²) in [5, 5.41) is 9.81. The van der Waals surface area contributed by atoms with Gasteiger partial charge >= 0.3 is 0 Å². The number of aliphatic hydroxyl groups excluding tert-OH is 1. The predicted octanol–water partition coefficient (Wildman–Crippen LogP) is 4.36. The maximum absolute atomic E-state index is 9.81. The highest BCUT2D eigenvalue weighted by molar-refractivity contribution is 9.10. The van der Waals surface area contributed by atoms with Gasteiger partial charge in [-0.1, -0.05) is 28.1 Å². The van der Waals surface area contributed by atoms with Gasteiger partial charge in [-0.25, -0.2) is 0 Å². The van der Waals surface area contributed by atoms with E-state index in [9.17, 15) is 5.11 Å². The summed E-state index contributed by atoms with van der Waals surface area (Å²) >= 11 is 3.43. The number of aliphatic hydroxyl groups is 1. The standard InChI is InChI=1S/C16H18BrNO2/c1-11(19)15-8-7-12(17)9-16(15)20-14-6-4-5-13(10-14)18(2)3/h4-11,19H,1-3H3. The molecule has 0 amide bonds. The van der Waals surface area contributed by atoms with Crippen molar-refractivity contribution in [3.05, 3.63) is 52.5 Å². The van der Waals surface area contributed by atoms with Crippen molar-refractivity contribution in [2.75, 3.05) is 19.0 Å². The predicted molar refractivity (Wildman–Crippen MR) is 85.6 cm³/mol.